The zero-order valence-corrected chi connectivity index (χ0v) is 43.8. The van der Waals surface area contributed by atoms with Crippen LogP contribution in [-0.4, -0.2) is 37.2 Å². The van der Waals surface area contributed by atoms with Crippen molar-refractivity contribution in [2.45, 2.75) is 322 Å². The van der Waals surface area contributed by atoms with Gasteiger partial charge in [0.2, 0.25) is 0 Å². The van der Waals surface area contributed by atoms with E-state index in [2.05, 4.69) is 45.1 Å². The van der Waals surface area contributed by atoms with Gasteiger partial charge in [-0.2, -0.15) is 0 Å². The lowest BCUT2D eigenvalue weighted by Gasteiger charge is -2.18. The van der Waals surface area contributed by atoms with Crippen molar-refractivity contribution in [2.75, 3.05) is 13.2 Å². The fourth-order valence-electron chi connectivity index (χ4n) is 8.55. The molecule has 0 rings (SSSR count). The first-order valence-corrected chi connectivity index (χ1v) is 28.8. The predicted molar refractivity (Wildman–Crippen MR) is 279 cm³/mol. The van der Waals surface area contributed by atoms with Gasteiger partial charge in [0, 0.05) is 19.3 Å². The molecule has 0 aromatic carbocycles. The van der Waals surface area contributed by atoms with Gasteiger partial charge >= 0.3 is 17.9 Å². The van der Waals surface area contributed by atoms with Gasteiger partial charge in [0.25, 0.3) is 0 Å². The lowest BCUT2D eigenvalue weighted by Crippen LogP contribution is -2.30. The first-order valence-electron chi connectivity index (χ1n) is 28.8. The Kier molecular flexibility index (Phi) is 52.7. The lowest BCUT2D eigenvalue weighted by atomic mass is 10.0. The predicted octanol–water partition coefficient (Wildman–Crippen LogP) is 19.1. The van der Waals surface area contributed by atoms with E-state index in [1.54, 1.807) is 0 Å². The third-order valence-electron chi connectivity index (χ3n) is 12.9. The molecular formula is C59H110O6. The maximum Gasteiger partial charge on any atom is 0.306 e. The highest BCUT2D eigenvalue weighted by molar-refractivity contribution is 5.71. The van der Waals surface area contributed by atoms with Crippen molar-refractivity contribution in [3.63, 3.8) is 0 Å². The van der Waals surface area contributed by atoms with Crippen molar-refractivity contribution in [2.24, 2.45) is 0 Å². The molecule has 0 radical (unpaired) electrons. The van der Waals surface area contributed by atoms with Crippen molar-refractivity contribution in [1.82, 2.24) is 0 Å². The zero-order valence-electron chi connectivity index (χ0n) is 43.8. The third kappa shape index (κ3) is 52.7. The van der Waals surface area contributed by atoms with E-state index in [0.717, 1.165) is 64.2 Å². The van der Waals surface area contributed by atoms with E-state index in [4.69, 9.17) is 14.2 Å². The van der Waals surface area contributed by atoms with Crippen LogP contribution < -0.4 is 0 Å². The smallest absolute Gasteiger partial charge is 0.306 e. The molecule has 0 saturated heterocycles. The second-order valence-corrected chi connectivity index (χ2v) is 19.6. The monoisotopic (exact) mass is 915 g/mol. The molecule has 0 aromatic rings. The van der Waals surface area contributed by atoms with Gasteiger partial charge in [-0.05, 0) is 70.6 Å². The van der Waals surface area contributed by atoms with Crippen LogP contribution in [0.2, 0.25) is 0 Å². The molecule has 0 heterocycles. The lowest BCUT2D eigenvalue weighted by molar-refractivity contribution is -0.167. The summed E-state index contributed by atoms with van der Waals surface area (Å²) in [5.74, 6) is -0.862. The van der Waals surface area contributed by atoms with Gasteiger partial charge in [-0.3, -0.25) is 14.4 Å². The number of rotatable bonds is 53. The van der Waals surface area contributed by atoms with E-state index in [9.17, 15) is 14.4 Å². The zero-order chi connectivity index (χ0) is 47.2. The van der Waals surface area contributed by atoms with Gasteiger partial charge in [-0.1, -0.05) is 251 Å². The molecule has 0 aliphatic carbocycles. The minimum atomic E-state index is -0.771. The molecule has 0 amide bonds. The summed E-state index contributed by atoms with van der Waals surface area (Å²) in [7, 11) is 0. The number of unbranched alkanes of at least 4 members (excludes halogenated alkanes) is 38. The fourth-order valence-corrected chi connectivity index (χ4v) is 8.55. The van der Waals surface area contributed by atoms with Crippen molar-refractivity contribution >= 4 is 17.9 Å². The standard InChI is InChI=1S/C59H110O6/c1-4-7-10-13-16-19-22-25-27-28-29-30-32-35-37-40-43-46-49-52-58(61)64-55-56(65-59(62)53-50-47-44-41-38-33-24-21-18-15-12-9-6-3)54-63-57(60)51-48-45-42-39-36-34-31-26-23-20-17-14-11-8-5-2/h25-27,31,56H,4-24,28-30,32-55H2,1-3H3/b27-25-,31-26-/t56-/m0/s1. The largest absolute Gasteiger partial charge is 0.462 e. The van der Waals surface area contributed by atoms with Crippen LogP contribution in [0, 0.1) is 0 Å². The summed E-state index contributed by atoms with van der Waals surface area (Å²) in [6.45, 7) is 6.66. The molecular weight excluding hydrogens is 805 g/mol. The Morgan fingerprint density at radius 3 is 0.769 bits per heavy atom. The molecule has 0 fully saturated rings. The number of esters is 3. The number of hydrogen-bond donors (Lipinski definition) is 0. The molecule has 0 aliphatic heterocycles. The summed E-state index contributed by atoms with van der Waals surface area (Å²) in [5, 5.41) is 0. The fraction of sp³-hybridized carbons (Fsp3) is 0.881. The van der Waals surface area contributed by atoms with Gasteiger partial charge in [0.05, 0.1) is 0 Å². The second-order valence-electron chi connectivity index (χ2n) is 19.6. The molecule has 0 N–H and O–H groups in total. The van der Waals surface area contributed by atoms with E-state index in [0.29, 0.717) is 19.3 Å². The molecule has 0 aromatic heterocycles. The molecule has 382 valence electrons. The second kappa shape index (κ2) is 54.5. The average molecular weight is 916 g/mol. The van der Waals surface area contributed by atoms with Crippen LogP contribution in [0.1, 0.15) is 316 Å². The minimum absolute atomic E-state index is 0.0707. The Balaban J connectivity index is 4.31. The number of carbonyl (C=O) groups excluding carboxylic acids is 3. The summed E-state index contributed by atoms with van der Waals surface area (Å²) in [6, 6.07) is 0. The number of ether oxygens (including phenoxy) is 3. The summed E-state index contributed by atoms with van der Waals surface area (Å²) in [6.07, 6.45) is 63.1. The van der Waals surface area contributed by atoms with Crippen LogP contribution in [0.5, 0.6) is 0 Å². The minimum Gasteiger partial charge on any atom is -0.462 e. The molecule has 1 atom stereocenters. The number of carbonyl (C=O) groups is 3. The SMILES string of the molecule is CCCCCCCC/C=C\CCCCCCCCCCCC(=O)OC[C@H](COC(=O)CCCCCCC/C=C\CCCCCCCC)OC(=O)CCCCCCCCCCCCCCC. The van der Waals surface area contributed by atoms with Crippen LogP contribution in [0.3, 0.4) is 0 Å². The molecule has 0 saturated carbocycles. The highest BCUT2D eigenvalue weighted by Crippen LogP contribution is 2.16. The van der Waals surface area contributed by atoms with Gasteiger partial charge in [-0.15, -0.1) is 0 Å². The molecule has 0 aliphatic rings. The maximum atomic E-state index is 12.8. The number of hydrogen-bond acceptors (Lipinski definition) is 6. The van der Waals surface area contributed by atoms with Crippen LogP contribution in [0.15, 0.2) is 24.3 Å². The normalized spacial score (nSPS) is 12.1. The van der Waals surface area contributed by atoms with Crippen molar-refractivity contribution in [3.8, 4) is 0 Å². The van der Waals surface area contributed by atoms with E-state index in [1.807, 2.05) is 0 Å². The topological polar surface area (TPSA) is 78.9 Å². The third-order valence-corrected chi connectivity index (χ3v) is 12.9. The molecule has 0 spiro atoms. The Bertz CT molecular complexity index is 1050. The van der Waals surface area contributed by atoms with Crippen LogP contribution in [0.4, 0.5) is 0 Å². The summed E-state index contributed by atoms with van der Waals surface area (Å²) < 4.78 is 16.9. The Morgan fingerprint density at radius 2 is 0.508 bits per heavy atom. The van der Waals surface area contributed by atoms with Crippen LogP contribution in [0.25, 0.3) is 0 Å². The van der Waals surface area contributed by atoms with Gasteiger partial charge in [-0.25, -0.2) is 0 Å². The highest BCUT2D eigenvalue weighted by atomic mass is 16.6. The molecule has 6 nitrogen and oxygen atoms in total. The van der Waals surface area contributed by atoms with Gasteiger partial charge in [0.15, 0.2) is 6.10 Å². The Morgan fingerprint density at radius 1 is 0.292 bits per heavy atom. The van der Waals surface area contributed by atoms with Crippen LogP contribution in [-0.2, 0) is 28.6 Å². The first-order chi connectivity index (χ1) is 32.0. The Hall–Kier alpha value is -2.11. The van der Waals surface area contributed by atoms with Crippen molar-refractivity contribution in [3.05, 3.63) is 24.3 Å². The van der Waals surface area contributed by atoms with E-state index >= 15 is 0 Å². The van der Waals surface area contributed by atoms with Gasteiger partial charge < -0.3 is 14.2 Å². The maximum absolute atomic E-state index is 12.8. The molecule has 65 heavy (non-hydrogen) atoms. The quantitative estimate of drug-likeness (QED) is 0.0262. The molecule has 0 unspecified atom stereocenters. The van der Waals surface area contributed by atoms with E-state index < -0.39 is 6.10 Å². The highest BCUT2D eigenvalue weighted by Gasteiger charge is 2.19. The summed E-state index contributed by atoms with van der Waals surface area (Å²) >= 11 is 0. The van der Waals surface area contributed by atoms with Crippen LogP contribution >= 0.6 is 0 Å². The Labute approximate surface area is 404 Å². The van der Waals surface area contributed by atoms with Crippen molar-refractivity contribution < 1.29 is 28.6 Å². The van der Waals surface area contributed by atoms with E-state index in [-0.39, 0.29) is 31.1 Å². The first kappa shape index (κ1) is 62.9. The van der Waals surface area contributed by atoms with E-state index in [1.165, 1.54) is 212 Å². The molecule has 6 heteroatoms. The average Bonchev–Trinajstić information content (AvgIpc) is 3.30. The van der Waals surface area contributed by atoms with Gasteiger partial charge in [0.1, 0.15) is 13.2 Å². The summed E-state index contributed by atoms with van der Waals surface area (Å²) in [4.78, 5) is 38.1. The summed E-state index contributed by atoms with van der Waals surface area (Å²) in [5.41, 5.74) is 0. The number of allylic oxidation sites excluding steroid dienone is 4. The van der Waals surface area contributed by atoms with Crippen molar-refractivity contribution in [1.29, 1.82) is 0 Å². The molecule has 0 bridgehead atoms.